The molecule has 0 bridgehead atoms. The number of carbonyl (C=O) groups is 3. The van der Waals surface area contributed by atoms with Crippen molar-refractivity contribution in [3.8, 4) is 11.5 Å². The molecule has 0 aliphatic heterocycles. The standard InChI is InChI=1S/C29H25N3O5/c1-36-25-15-5-20(6-16-25)28(34)30-22-9-3-19(4-10-22)27(33)31-23-11-13-24(14-12-23)32-29(35)21-7-17-26(37-2)18-8-21/h3-18H,1-2H3,(H,30,34)(H,31,33)(H,32,35). The molecule has 0 unspecified atom stereocenters. The van der Waals surface area contributed by atoms with Gasteiger partial charge in [-0.1, -0.05) is 0 Å². The molecule has 0 radical (unpaired) electrons. The Morgan fingerprint density at radius 1 is 0.432 bits per heavy atom. The lowest BCUT2D eigenvalue weighted by Crippen LogP contribution is -2.14. The molecule has 0 aliphatic rings. The Balaban J connectivity index is 1.31. The lowest BCUT2D eigenvalue weighted by atomic mass is 10.1. The first-order valence-electron chi connectivity index (χ1n) is 11.4. The lowest BCUT2D eigenvalue weighted by Gasteiger charge is -2.09. The largest absolute Gasteiger partial charge is 0.497 e. The van der Waals surface area contributed by atoms with Crippen LogP contribution >= 0.6 is 0 Å². The summed E-state index contributed by atoms with van der Waals surface area (Å²) in [4.78, 5) is 37.5. The van der Waals surface area contributed by atoms with Crippen molar-refractivity contribution in [2.24, 2.45) is 0 Å². The van der Waals surface area contributed by atoms with Crippen LogP contribution in [0, 0.1) is 0 Å². The third-order valence-corrected chi connectivity index (χ3v) is 5.51. The molecule has 3 amide bonds. The number of nitrogens with one attached hydrogen (secondary N) is 3. The molecule has 37 heavy (non-hydrogen) atoms. The van der Waals surface area contributed by atoms with Gasteiger partial charge in [0.1, 0.15) is 11.5 Å². The molecule has 8 nitrogen and oxygen atoms in total. The molecule has 0 heterocycles. The Kier molecular flexibility index (Phi) is 7.80. The summed E-state index contributed by atoms with van der Waals surface area (Å²) < 4.78 is 10.2. The lowest BCUT2D eigenvalue weighted by molar-refractivity contribution is 0.101. The average molecular weight is 496 g/mol. The monoisotopic (exact) mass is 495 g/mol. The minimum Gasteiger partial charge on any atom is -0.497 e. The maximum Gasteiger partial charge on any atom is 0.255 e. The second-order valence-corrected chi connectivity index (χ2v) is 7.97. The van der Waals surface area contributed by atoms with Gasteiger partial charge < -0.3 is 25.4 Å². The average Bonchev–Trinajstić information content (AvgIpc) is 2.94. The van der Waals surface area contributed by atoms with Gasteiger partial charge in [0.15, 0.2) is 0 Å². The van der Waals surface area contributed by atoms with Crippen LogP contribution in [0.4, 0.5) is 17.1 Å². The van der Waals surface area contributed by atoms with Crippen LogP contribution in [0.2, 0.25) is 0 Å². The maximum absolute atomic E-state index is 12.6. The fourth-order valence-electron chi connectivity index (χ4n) is 3.44. The Hall–Kier alpha value is -5.11. The van der Waals surface area contributed by atoms with Crippen molar-refractivity contribution < 1.29 is 23.9 Å². The second-order valence-electron chi connectivity index (χ2n) is 7.97. The van der Waals surface area contributed by atoms with Gasteiger partial charge in [0.05, 0.1) is 14.2 Å². The van der Waals surface area contributed by atoms with Gasteiger partial charge in [-0.2, -0.15) is 0 Å². The van der Waals surface area contributed by atoms with Crippen LogP contribution in [-0.4, -0.2) is 31.9 Å². The molecule has 4 rings (SSSR count). The first-order chi connectivity index (χ1) is 17.9. The highest BCUT2D eigenvalue weighted by Gasteiger charge is 2.10. The van der Waals surface area contributed by atoms with Crippen LogP contribution < -0.4 is 25.4 Å². The molecule has 3 N–H and O–H groups in total. The number of hydrogen-bond acceptors (Lipinski definition) is 5. The molecular weight excluding hydrogens is 470 g/mol. The molecule has 0 spiro atoms. The predicted molar refractivity (Wildman–Crippen MR) is 143 cm³/mol. The number of ether oxygens (including phenoxy) is 2. The van der Waals surface area contributed by atoms with E-state index in [-0.39, 0.29) is 17.7 Å². The zero-order chi connectivity index (χ0) is 26.2. The second kappa shape index (κ2) is 11.5. The van der Waals surface area contributed by atoms with E-state index < -0.39 is 0 Å². The van der Waals surface area contributed by atoms with Crippen molar-refractivity contribution in [1.82, 2.24) is 0 Å². The summed E-state index contributed by atoms with van der Waals surface area (Å²) in [5.41, 5.74) is 3.15. The third kappa shape index (κ3) is 6.52. The zero-order valence-electron chi connectivity index (χ0n) is 20.3. The smallest absolute Gasteiger partial charge is 0.255 e. The predicted octanol–water partition coefficient (Wildman–Crippen LogP) is 5.46. The molecule has 0 saturated carbocycles. The van der Waals surface area contributed by atoms with Gasteiger partial charge in [0.2, 0.25) is 0 Å². The number of benzene rings is 4. The number of rotatable bonds is 8. The van der Waals surface area contributed by atoms with Crippen LogP contribution in [0.5, 0.6) is 11.5 Å². The van der Waals surface area contributed by atoms with Crippen molar-refractivity contribution in [1.29, 1.82) is 0 Å². The molecule has 0 fully saturated rings. The van der Waals surface area contributed by atoms with Gasteiger partial charge >= 0.3 is 0 Å². The summed E-state index contributed by atoms with van der Waals surface area (Å²) in [6.45, 7) is 0. The molecule has 8 heteroatoms. The molecule has 0 aromatic heterocycles. The van der Waals surface area contributed by atoms with Gasteiger partial charge in [-0.3, -0.25) is 14.4 Å². The van der Waals surface area contributed by atoms with E-state index in [4.69, 9.17) is 9.47 Å². The van der Waals surface area contributed by atoms with Crippen LogP contribution in [0.15, 0.2) is 97.1 Å². The van der Waals surface area contributed by atoms with Gasteiger partial charge in [0, 0.05) is 33.8 Å². The van der Waals surface area contributed by atoms with Crippen molar-refractivity contribution in [3.05, 3.63) is 114 Å². The Morgan fingerprint density at radius 2 is 0.676 bits per heavy atom. The van der Waals surface area contributed by atoms with E-state index in [2.05, 4.69) is 16.0 Å². The molecule has 4 aromatic carbocycles. The summed E-state index contributed by atoms with van der Waals surface area (Å²) in [6, 6.07) is 26.9. The number of anilines is 3. The number of amides is 3. The van der Waals surface area contributed by atoms with Gasteiger partial charge in [-0.05, 0) is 97.1 Å². The van der Waals surface area contributed by atoms with E-state index >= 15 is 0 Å². The highest BCUT2D eigenvalue weighted by Crippen LogP contribution is 2.18. The SMILES string of the molecule is COc1ccc(C(=O)Nc2ccc(NC(=O)c3ccc(NC(=O)c4ccc(OC)cc4)cc3)cc2)cc1. The van der Waals surface area contributed by atoms with Crippen LogP contribution in [0.1, 0.15) is 31.1 Å². The maximum atomic E-state index is 12.6. The fraction of sp³-hybridized carbons (Fsp3) is 0.0690. The summed E-state index contributed by atoms with van der Waals surface area (Å²) in [5, 5.41) is 8.43. The minimum absolute atomic E-state index is 0.251. The number of hydrogen-bond donors (Lipinski definition) is 3. The molecule has 186 valence electrons. The van der Waals surface area contributed by atoms with E-state index in [1.165, 1.54) is 0 Å². The zero-order valence-corrected chi connectivity index (χ0v) is 20.3. The number of methoxy groups -OCH3 is 2. The summed E-state index contributed by atoms with van der Waals surface area (Å²) >= 11 is 0. The summed E-state index contributed by atoms with van der Waals surface area (Å²) in [7, 11) is 3.13. The molecular formula is C29H25N3O5. The van der Waals surface area contributed by atoms with E-state index in [0.717, 1.165) is 0 Å². The first-order valence-corrected chi connectivity index (χ1v) is 11.4. The minimum atomic E-state index is -0.303. The highest BCUT2D eigenvalue weighted by atomic mass is 16.5. The molecule has 4 aromatic rings. The molecule has 0 saturated heterocycles. The van der Waals surface area contributed by atoms with E-state index in [1.807, 2.05) is 0 Å². The molecule has 0 atom stereocenters. The van der Waals surface area contributed by atoms with Gasteiger partial charge in [0.25, 0.3) is 17.7 Å². The Bertz CT molecular complexity index is 1380. The highest BCUT2D eigenvalue weighted by molar-refractivity contribution is 6.07. The Morgan fingerprint density at radius 3 is 0.946 bits per heavy atom. The van der Waals surface area contributed by atoms with E-state index in [1.54, 1.807) is 111 Å². The van der Waals surface area contributed by atoms with E-state index in [0.29, 0.717) is 45.3 Å². The van der Waals surface area contributed by atoms with Gasteiger partial charge in [-0.15, -0.1) is 0 Å². The van der Waals surface area contributed by atoms with E-state index in [9.17, 15) is 14.4 Å². The third-order valence-electron chi connectivity index (χ3n) is 5.51. The van der Waals surface area contributed by atoms with Crippen LogP contribution in [0.25, 0.3) is 0 Å². The van der Waals surface area contributed by atoms with Crippen LogP contribution in [0.3, 0.4) is 0 Å². The van der Waals surface area contributed by atoms with Crippen molar-refractivity contribution in [3.63, 3.8) is 0 Å². The summed E-state index contributed by atoms with van der Waals surface area (Å²) in [6.07, 6.45) is 0. The summed E-state index contributed by atoms with van der Waals surface area (Å²) in [5.74, 6) is 0.519. The van der Waals surface area contributed by atoms with Crippen molar-refractivity contribution in [2.45, 2.75) is 0 Å². The normalized spacial score (nSPS) is 10.2. The van der Waals surface area contributed by atoms with Crippen molar-refractivity contribution >= 4 is 34.8 Å². The van der Waals surface area contributed by atoms with Crippen LogP contribution in [-0.2, 0) is 0 Å². The fourth-order valence-corrected chi connectivity index (χ4v) is 3.44. The first kappa shape index (κ1) is 25.0. The number of carbonyl (C=O) groups excluding carboxylic acids is 3. The molecule has 0 aliphatic carbocycles. The topological polar surface area (TPSA) is 106 Å². The quantitative estimate of drug-likeness (QED) is 0.301. The van der Waals surface area contributed by atoms with Crippen molar-refractivity contribution in [2.75, 3.05) is 30.2 Å². The Labute approximate surface area is 214 Å². The van der Waals surface area contributed by atoms with Gasteiger partial charge in [-0.25, -0.2) is 0 Å².